The number of methoxy groups -OCH3 is 2. The molecule has 16 heteroatoms. The van der Waals surface area contributed by atoms with Gasteiger partial charge < -0.3 is 40.1 Å². The molecule has 0 unspecified atom stereocenters. The molecule has 1 fully saturated rings. The monoisotopic (exact) mass is 795 g/mol. The van der Waals surface area contributed by atoms with Gasteiger partial charge in [0, 0.05) is 38.7 Å². The number of amides is 5. The number of carboxylic acid groups (broad SMARTS) is 1. The molecule has 0 bridgehead atoms. The molecule has 2 heterocycles. The molecule has 306 valence electrons. The van der Waals surface area contributed by atoms with Crippen LogP contribution in [0, 0.1) is 11.3 Å². The maximum Gasteiger partial charge on any atom is 0.405 e. The summed E-state index contributed by atoms with van der Waals surface area (Å²) in [4.78, 5) is 61.5. The first kappa shape index (κ1) is 44.0. The average Bonchev–Trinajstić information content (AvgIpc) is 3.75. The van der Waals surface area contributed by atoms with E-state index in [1.165, 1.54) is 16.3 Å². The molecular formula is C40H57N7O8S. The quantitative estimate of drug-likeness (QED) is 0.104. The van der Waals surface area contributed by atoms with E-state index in [1.807, 2.05) is 61.7 Å². The predicted octanol–water partition coefficient (Wildman–Crippen LogP) is 4.25. The van der Waals surface area contributed by atoms with Gasteiger partial charge in [0.1, 0.15) is 22.8 Å². The van der Waals surface area contributed by atoms with E-state index in [4.69, 9.17) is 9.47 Å². The van der Waals surface area contributed by atoms with Gasteiger partial charge in [-0.15, -0.1) is 11.3 Å². The number of aromatic nitrogens is 1. The summed E-state index contributed by atoms with van der Waals surface area (Å²) in [5.74, 6) is -0.563. The first-order valence-electron chi connectivity index (χ1n) is 18.8. The van der Waals surface area contributed by atoms with Crippen molar-refractivity contribution < 1.29 is 38.9 Å². The van der Waals surface area contributed by atoms with Crippen molar-refractivity contribution in [3.63, 3.8) is 0 Å². The fourth-order valence-corrected chi connectivity index (χ4v) is 7.39. The third kappa shape index (κ3) is 12.4. The zero-order valence-electron chi connectivity index (χ0n) is 33.4. The Morgan fingerprint density at radius 2 is 1.70 bits per heavy atom. The van der Waals surface area contributed by atoms with Gasteiger partial charge in [-0.25, -0.2) is 19.6 Å². The Morgan fingerprint density at radius 3 is 2.30 bits per heavy atom. The Hall–Kier alpha value is -4.77. The lowest BCUT2D eigenvalue weighted by Gasteiger charge is -2.36. The average molecular weight is 796 g/mol. The second-order valence-corrected chi connectivity index (χ2v) is 16.2. The SMILES string of the molecule is CC[C@H](C)[C@@H](C(=O)N[C@@H](Cc1ccccc1)[C@@H](O)CN(Cc1ccc(OC)cc1)NC(=O)[C@@H](NC(=O)O)C(C)(C)C)N1CCN(Cc2csc(COC)n2)C1=O. The summed E-state index contributed by atoms with van der Waals surface area (Å²) < 4.78 is 10.5. The lowest BCUT2D eigenvalue weighted by Crippen LogP contribution is -2.60. The molecule has 0 aliphatic carbocycles. The van der Waals surface area contributed by atoms with Crippen LogP contribution in [0.15, 0.2) is 60.0 Å². The first-order valence-corrected chi connectivity index (χ1v) is 19.7. The summed E-state index contributed by atoms with van der Waals surface area (Å²) >= 11 is 1.47. The lowest BCUT2D eigenvalue weighted by atomic mass is 9.86. The van der Waals surface area contributed by atoms with E-state index in [-0.39, 0.29) is 31.5 Å². The highest BCUT2D eigenvalue weighted by Crippen LogP contribution is 2.24. The normalized spacial score (nSPS) is 15.9. The number of thiazole rings is 1. The van der Waals surface area contributed by atoms with E-state index in [9.17, 15) is 29.4 Å². The summed E-state index contributed by atoms with van der Waals surface area (Å²) in [5, 5.41) is 31.2. The summed E-state index contributed by atoms with van der Waals surface area (Å²) in [6.45, 7) is 10.6. The maximum absolute atomic E-state index is 14.4. The number of urea groups is 1. The van der Waals surface area contributed by atoms with Gasteiger partial charge in [0.25, 0.3) is 5.91 Å². The Morgan fingerprint density at radius 1 is 1.00 bits per heavy atom. The molecule has 5 N–H and O–H groups in total. The molecule has 3 aromatic rings. The minimum atomic E-state index is -1.35. The molecule has 5 atom stereocenters. The van der Waals surface area contributed by atoms with E-state index in [1.54, 1.807) is 56.9 Å². The molecule has 1 aromatic heterocycles. The number of nitrogens with zero attached hydrogens (tertiary/aromatic N) is 4. The van der Waals surface area contributed by atoms with Crippen LogP contribution >= 0.6 is 11.3 Å². The van der Waals surface area contributed by atoms with Gasteiger partial charge in [0.15, 0.2) is 0 Å². The number of aliphatic hydroxyl groups is 1. The van der Waals surface area contributed by atoms with Crippen molar-refractivity contribution in [3.05, 3.63) is 81.8 Å². The van der Waals surface area contributed by atoms with E-state index in [2.05, 4.69) is 21.0 Å². The predicted molar refractivity (Wildman–Crippen MR) is 213 cm³/mol. The van der Waals surface area contributed by atoms with Crippen LogP contribution in [0.5, 0.6) is 5.75 Å². The number of hydrogen-bond acceptors (Lipinski definition) is 10. The van der Waals surface area contributed by atoms with Crippen molar-refractivity contribution in [2.75, 3.05) is 33.9 Å². The van der Waals surface area contributed by atoms with Crippen molar-refractivity contribution in [3.8, 4) is 5.75 Å². The molecule has 1 aliphatic rings. The standard InChI is InChI=1S/C40H57N7O8S/c1-8-26(2)34(47-19-18-45(39(47)53)22-29-25-56-33(41-29)24-54-6)36(49)42-31(20-27-12-10-9-11-13-27)32(48)23-46(21-28-14-16-30(55-7)17-15-28)44-37(50)35(40(3,4)5)43-38(51)52/h9-17,25-26,31-32,34-35,43,48H,8,18-24H2,1-7H3,(H,42,49)(H,44,50)(H,51,52)/t26-,31-,32-,34-,35+/m0/s1. The van der Waals surface area contributed by atoms with Crippen LogP contribution in [0.2, 0.25) is 0 Å². The molecule has 4 rings (SSSR count). The molecule has 0 radical (unpaired) electrons. The highest BCUT2D eigenvalue weighted by molar-refractivity contribution is 7.09. The highest BCUT2D eigenvalue weighted by Gasteiger charge is 2.41. The van der Waals surface area contributed by atoms with Crippen LogP contribution in [-0.2, 0) is 40.4 Å². The van der Waals surface area contributed by atoms with Gasteiger partial charge in [0.05, 0.1) is 38.1 Å². The second kappa shape index (κ2) is 20.4. The maximum atomic E-state index is 14.4. The molecular weight excluding hydrogens is 739 g/mol. The van der Waals surface area contributed by atoms with Gasteiger partial charge in [-0.2, -0.15) is 0 Å². The van der Waals surface area contributed by atoms with Gasteiger partial charge in [-0.1, -0.05) is 83.5 Å². The molecule has 2 aromatic carbocycles. The minimum absolute atomic E-state index is 0.136. The number of benzene rings is 2. The molecule has 56 heavy (non-hydrogen) atoms. The van der Waals surface area contributed by atoms with Crippen LogP contribution in [-0.4, -0.2) is 112 Å². The highest BCUT2D eigenvalue weighted by atomic mass is 32.1. The van der Waals surface area contributed by atoms with E-state index < -0.39 is 47.6 Å². The van der Waals surface area contributed by atoms with E-state index >= 15 is 0 Å². The zero-order valence-corrected chi connectivity index (χ0v) is 34.2. The van der Waals surface area contributed by atoms with Crippen LogP contribution in [0.4, 0.5) is 9.59 Å². The van der Waals surface area contributed by atoms with Crippen LogP contribution < -0.4 is 20.8 Å². The van der Waals surface area contributed by atoms with E-state index in [0.717, 1.165) is 21.8 Å². The van der Waals surface area contributed by atoms with Gasteiger partial charge in [-0.3, -0.25) is 15.0 Å². The molecule has 5 amide bonds. The Kier molecular flexibility index (Phi) is 16.0. The molecule has 1 saturated heterocycles. The molecule has 0 saturated carbocycles. The van der Waals surface area contributed by atoms with Crippen LogP contribution in [0.1, 0.15) is 62.9 Å². The number of ether oxygens (including phenoxy) is 2. The number of aliphatic hydroxyl groups excluding tert-OH is 1. The summed E-state index contributed by atoms with van der Waals surface area (Å²) in [6, 6.07) is 13.6. The smallest absolute Gasteiger partial charge is 0.405 e. The molecule has 0 spiro atoms. The Bertz CT molecular complexity index is 1740. The number of hydrogen-bond donors (Lipinski definition) is 5. The summed E-state index contributed by atoms with van der Waals surface area (Å²) in [5.41, 5.74) is 4.46. The van der Waals surface area contributed by atoms with Crippen molar-refractivity contribution in [1.82, 2.24) is 35.9 Å². The zero-order chi connectivity index (χ0) is 41.0. The van der Waals surface area contributed by atoms with Crippen LogP contribution in [0.25, 0.3) is 0 Å². The number of carbonyl (C=O) groups is 4. The number of hydrazine groups is 1. The molecule has 1 aliphatic heterocycles. The van der Waals surface area contributed by atoms with Crippen molar-refractivity contribution in [2.45, 2.75) is 91.4 Å². The van der Waals surface area contributed by atoms with Crippen molar-refractivity contribution in [2.24, 2.45) is 11.3 Å². The van der Waals surface area contributed by atoms with Gasteiger partial charge >= 0.3 is 12.1 Å². The number of nitrogens with one attached hydrogen (secondary N) is 3. The Balaban J connectivity index is 1.59. The van der Waals surface area contributed by atoms with Crippen LogP contribution in [0.3, 0.4) is 0 Å². The Labute approximate surface area is 333 Å². The van der Waals surface area contributed by atoms with Crippen molar-refractivity contribution >= 4 is 35.3 Å². The second-order valence-electron chi connectivity index (χ2n) is 15.2. The van der Waals surface area contributed by atoms with E-state index in [0.29, 0.717) is 38.4 Å². The number of carbonyl (C=O) groups excluding carboxylic acids is 3. The van der Waals surface area contributed by atoms with Crippen molar-refractivity contribution in [1.29, 1.82) is 0 Å². The third-order valence-electron chi connectivity index (χ3n) is 9.83. The molecule has 15 nitrogen and oxygen atoms in total. The fourth-order valence-electron chi connectivity index (χ4n) is 6.64. The van der Waals surface area contributed by atoms with Gasteiger partial charge in [-0.05, 0) is 41.0 Å². The summed E-state index contributed by atoms with van der Waals surface area (Å²) in [7, 11) is 3.16. The first-order chi connectivity index (χ1) is 26.6. The minimum Gasteiger partial charge on any atom is -0.497 e. The largest absolute Gasteiger partial charge is 0.497 e. The van der Waals surface area contributed by atoms with Gasteiger partial charge in [0.2, 0.25) is 5.91 Å². The number of rotatable bonds is 20. The third-order valence-corrected chi connectivity index (χ3v) is 10.7. The summed E-state index contributed by atoms with van der Waals surface area (Å²) in [6.07, 6.45) is -1.69. The fraction of sp³-hybridized carbons (Fsp3) is 0.525. The lowest BCUT2D eigenvalue weighted by molar-refractivity contribution is -0.132. The topological polar surface area (TPSA) is 186 Å².